The number of nitrogens with one attached hydrogen (secondary N) is 2. The zero-order valence-electron chi connectivity index (χ0n) is 9.55. The topological polar surface area (TPSA) is 41.1 Å². The molecule has 3 nitrogen and oxygen atoms in total. The van der Waals surface area contributed by atoms with Crippen molar-refractivity contribution in [1.82, 2.24) is 5.32 Å². The molecule has 0 radical (unpaired) electrons. The second kappa shape index (κ2) is 4.88. The number of para-hydroxylation sites is 1. The molecule has 1 aromatic carbocycles. The molecule has 0 bridgehead atoms. The summed E-state index contributed by atoms with van der Waals surface area (Å²) in [5.74, 6) is -1.08. The summed E-state index contributed by atoms with van der Waals surface area (Å²) >= 11 is 0. The highest BCUT2D eigenvalue weighted by molar-refractivity contribution is 5.86. The highest BCUT2D eigenvalue weighted by atomic mass is 19.4. The zero-order valence-corrected chi connectivity index (χ0v) is 9.55. The minimum absolute atomic E-state index is 0.501. The summed E-state index contributed by atoms with van der Waals surface area (Å²) in [6.07, 6.45) is -3.87. The van der Waals surface area contributed by atoms with Gasteiger partial charge in [0, 0.05) is 12.2 Å². The molecule has 1 unspecified atom stereocenters. The number of hydrogen-bond donors (Lipinski definition) is 2. The summed E-state index contributed by atoms with van der Waals surface area (Å²) in [7, 11) is 0. The summed E-state index contributed by atoms with van der Waals surface area (Å²) < 4.78 is 36.2. The Hall–Kier alpha value is -1.72. The van der Waals surface area contributed by atoms with Crippen LogP contribution in [0.4, 0.5) is 18.9 Å². The van der Waals surface area contributed by atoms with Gasteiger partial charge in [0.15, 0.2) is 0 Å². The Morgan fingerprint density at radius 2 is 2.11 bits per heavy atom. The summed E-state index contributed by atoms with van der Waals surface area (Å²) in [4.78, 5) is 11.8. The van der Waals surface area contributed by atoms with Crippen molar-refractivity contribution < 1.29 is 18.0 Å². The molecule has 1 aliphatic rings. The molecule has 0 saturated heterocycles. The van der Waals surface area contributed by atoms with Crippen molar-refractivity contribution >= 4 is 11.6 Å². The molecule has 1 heterocycles. The van der Waals surface area contributed by atoms with E-state index >= 15 is 0 Å². The third-order valence-corrected chi connectivity index (χ3v) is 2.86. The first-order valence-corrected chi connectivity index (χ1v) is 5.64. The van der Waals surface area contributed by atoms with Gasteiger partial charge in [0.1, 0.15) is 6.54 Å². The lowest BCUT2D eigenvalue weighted by Crippen LogP contribution is -2.38. The average Bonchev–Trinajstić information content (AvgIpc) is 2.34. The van der Waals surface area contributed by atoms with Gasteiger partial charge in [0.25, 0.3) is 0 Å². The Morgan fingerprint density at radius 3 is 2.83 bits per heavy atom. The molecule has 0 aliphatic carbocycles. The predicted molar refractivity (Wildman–Crippen MR) is 61.4 cm³/mol. The molecule has 0 spiro atoms. The van der Waals surface area contributed by atoms with Gasteiger partial charge in [-0.1, -0.05) is 18.2 Å². The Kier molecular flexibility index (Phi) is 3.45. The number of carbonyl (C=O) groups is 1. The van der Waals surface area contributed by atoms with Crippen LogP contribution in [0.3, 0.4) is 0 Å². The summed E-state index contributed by atoms with van der Waals surface area (Å²) in [6, 6.07) is 7.18. The average molecular weight is 258 g/mol. The minimum Gasteiger partial charge on any atom is -0.385 e. The lowest BCUT2D eigenvalue weighted by atomic mass is 9.90. The molecular formula is C12H13F3N2O. The van der Waals surface area contributed by atoms with Crippen molar-refractivity contribution in [2.75, 3.05) is 18.4 Å². The number of halogens is 3. The quantitative estimate of drug-likeness (QED) is 0.854. The fourth-order valence-corrected chi connectivity index (χ4v) is 2.05. The maximum absolute atomic E-state index is 12.1. The van der Waals surface area contributed by atoms with Crippen LogP contribution in [0.2, 0.25) is 0 Å². The lowest BCUT2D eigenvalue weighted by Gasteiger charge is -2.26. The van der Waals surface area contributed by atoms with E-state index in [2.05, 4.69) is 5.32 Å². The van der Waals surface area contributed by atoms with Crippen LogP contribution in [-0.4, -0.2) is 25.2 Å². The fourth-order valence-electron chi connectivity index (χ4n) is 2.05. The smallest absolute Gasteiger partial charge is 0.385 e. The van der Waals surface area contributed by atoms with Crippen molar-refractivity contribution in [2.24, 2.45) is 0 Å². The number of alkyl halides is 3. The second-order valence-electron chi connectivity index (χ2n) is 4.19. The number of amides is 1. The van der Waals surface area contributed by atoms with Gasteiger partial charge in [-0.05, 0) is 18.1 Å². The monoisotopic (exact) mass is 258 g/mol. The van der Waals surface area contributed by atoms with E-state index in [0.717, 1.165) is 11.3 Å². The van der Waals surface area contributed by atoms with Crippen LogP contribution in [0.1, 0.15) is 17.9 Å². The number of benzene rings is 1. The van der Waals surface area contributed by atoms with Crippen molar-refractivity contribution in [1.29, 1.82) is 0 Å². The van der Waals surface area contributed by atoms with Crippen LogP contribution >= 0.6 is 0 Å². The second-order valence-corrected chi connectivity index (χ2v) is 4.19. The van der Waals surface area contributed by atoms with Gasteiger partial charge in [0.05, 0.1) is 5.92 Å². The van der Waals surface area contributed by atoms with E-state index in [0.29, 0.717) is 13.0 Å². The van der Waals surface area contributed by atoms with E-state index in [1.807, 2.05) is 17.4 Å². The zero-order chi connectivity index (χ0) is 13.2. The van der Waals surface area contributed by atoms with Gasteiger partial charge in [0.2, 0.25) is 5.91 Å². The molecule has 18 heavy (non-hydrogen) atoms. The summed E-state index contributed by atoms with van der Waals surface area (Å²) in [6.45, 7) is -0.695. The Bertz CT molecular complexity index is 445. The molecule has 98 valence electrons. The molecule has 1 aliphatic heterocycles. The summed E-state index contributed by atoms with van der Waals surface area (Å²) in [5, 5.41) is 5.06. The number of carbonyl (C=O) groups excluding carboxylic acids is 1. The third kappa shape index (κ3) is 2.94. The molecule has 0 aromatic heterocycles. The van der Waals surface area contributed by atoms with Gasteiger partial charge < -0.3 is 10.6 Å². The van der Waals surface area contributed by atoms with Crippen molar-refractivity contribution in [3.63, 3.8) is 0 Å². The van der Waals surface area contributed by atoms with Crippen molar-refractivity contribution in [2.45, 2.75) is 18.5 Å². The van der Waals surface area contributed by atoms with E-state index in [4.69, 9.17) is 0 Å². The lowest BCUT2D eigenvalue weighted by molar-refractivity contribution is -0.139. The fraction of sp³-hybridized carbons (Fsp3) is 0.417. The van der Waals surface area contributed by atoms with E-state index < -0.39 is 24.5 Å². The number of rotatable bonds is 2. The van der Waals surface area contributed by atoms with Crippen molar-refractivity contribution in [3.8, 4) is 0 Å². The first kappa shape index (κ1) is 12.7. The molecule has 6 heteroatoms. The van der Waals surface area contributed by atoms with Gasteiger partial charge in [-0.3, -0.25) is 4.79 Å². The highest BCUT2D eigenvalue weighted by Crippen LogP contribution is 2.31. The van der Waals surface area contributed by atoms with Crippen LogP contribution < -0.4 is 10.6 Å². The largest absolute Gasteiger partial charge is 0.405 e. The van der Waals surface area contributed by atoms with Gasteiger partial charge in [-0.25, -0.2) is 0 Å². The van der Waals surface area contributed by atoms with Crippen LogP contribution in [0, 0.1) is 0 Å². The van der Waals surface area contributed by atoms with Crippen LogP contribution in [0.25, 0.3) is 0 Å². The number of fused-ring (bicyclic) bond motifs is 1. The number of hydrogen-bond acceptors (Lipinski definition) is 2. The molecule has 2 N–H and O–H groups in total. The molecule has 0 fully saturated rings. The standard InChI is InChI=1S/C12H13F3N2O/c13-12(14,15)7-17-11(18)9-5-6-16-10-4-2-1-3-8(9)10/h1-4,9,16H,5-7H2,(H,17,18). The van der Waals surface area contributed by atoms with Gasteiger partial charge >= 0.3 is 6.18 Å². The molecule has 1 amide bonds. The van der Waals surface area contributed by atoms with Crippen molar-refractivity contribution in [3.05, 3.63) is 29.8 Å². The third-order valence-electron chi connectivity index (χ3n) is 2.86. The first-order valence-electron chi connectivity index (χ1n) is 5.64. The maximum atomic E-state index is 12.1. The molecular weight excluding hydrogens is 245 g/mol. The Balaban J connectivity index is 2.08. The molecule has 1 aromatic rings. The van der Waals surface area contributed by atoms with Gasteiger partial charge in [-0.2, -0.15) is 13.2 Å². The van der Waals surface area contributed by atoms with E-state index in [1.165, 1.54) is 0 Å². The minimum atomic E-state index is -4.37. The normalized spacial score (nSPS) is 18.7. The molecule has 1 atom stereocenters. The Labute approximate surface area is 102 Å². The maximum Gasteiger partial charge on any atom is 0.405 e. The van der Waals surface area contributed by atoms with Gasteiger partial charge in [-0.15, -0.1) is 0 Å². The van der Waals surface area contributed by atoms with E-state index in [9.17, 15) is 18.0 Å². The Morgan fingerprint density at radius 1 is 1.39 bits per heavy atom. The van der Waals surface area contributed by atoms with E-state index in [-0.39, 0.29) is 0 Å². The van der Waals surface area contributed by atoms with Crippen LogP contribution in [0.5, 0.6) is 0 Å². The summed E-state index contributed by atoms with van der Waals surface area (Å²) in [5.41, 5.74) is 1.57. The van der Waals surface area contributed by atoms with Crippen LogP contribution in [0.15, 0.2) is 24.3 Å². The SMILES string of the molecule is O=C(NCC(F)(F)F)C1CCNc2ccccc21. The number of anilines is 1. The molecule has 2 rings (SSSR count). The first-order chi connectivity index (χ1) is 8.47. The predicted octanol–water partition coefficient (Wildman–Crippen LogP) is 2.26. The van der Waals surface area contributed by atoms with Crippen LogP contribution in [-0.2, 0) is 4.79 Å². The highest BCUT2D eigenvalue weighted by Gasteiger charge is 2.31. The van der Waals surface area contributed by atoms with E-state index in [1.54, 1.807) is 12.1 Å². The molecule has 0 saturated carbocycles.